The fourth-order valence-electron chi connectivity index (χ4n) is 4.79. The van der Waals surface area contributed by atoms with Crippen LogP contribution in [-0.2, 0) is 19.4 Å². The Morgan fingerprint density at radius 1 is 0.917 bits per heavy atom. The maximum atomic E-state index is 13.9. The molecule has 0 spiro atoms. The van der Waals surface area contributed by atoms with Gasteiger partial charge >= 0.3 is 0 Å². The summed E-state index contributed by atoms with van der Waals surface area (Å²) in [7, 11) is 3.26. The topological polar surface area (TPSA) is 84.1 Å². The highest BCUT2D eigenvalue weighted by Gasteiger charge is 2.23. The standard InChI is InChI=1S/C28H31N5O3/c1-6-17(3)33-23(7-2)31-26-24(28(33)34)25-27(30-20-11-9-8-10-19(20)29-25)32(26)15-14-18-12-13-21(35-4)22(16-18)36-5/h8-13,16-17H,6-7,14-15H2,1-5H3. The van der Waals surface area contributed by atoms with Crippen LogP contribution in [0.2, 0.25) is 0 Å². The monoisotopic (exact) mass is 485 g/mol. The van der Waals surface area contributed by atoms with Crippen LogP contribution in [0.25, 0.3) is 33.2 Å². The Morgan fingerprint density at radius 3 is 2.31 bits per heavy atom. The summed E-state index contributed by atoms with van der Waals surface area (Å²) in [6.45, 7) is 6.77. The Hall–Kier alpha value is -3.94. The van der Waals surface area contributed by atoms with Gasteiger partial charge in [-0.3, -0.25) is 9.36 Å². The van der Waals surface area contributed by atoms with E-state index < -0.39 is 0 Å². The van der Waals surface area contributed by atoms with Crippen molar-refractivity contribution < 1.29 is 9.47 Å². The van der Waals surface area contributed by atoms with Gasteiger partial charge in [-0.25, -0.2) is 15.0 Å². The third-order valence-corrected chi connectivity index (χ3v) is 6.89. The van der Waals surface area contributed by atoms with E-state index in [1.54, 1.807) is 14.2 Å². The molecular formula is C28H31N5O3. The fraction of sp³-hybridized carbons (Fsp3) is 0.357. The largest absolute Gasteiger partial charge is 0.493 e. The quantitative estimate of drug-likeness (QED) is 0.304. The van der Waals surface area contributed by atoms with E-state index in [1.165, 1.54) is 0 Å². The molecular weight excluding hydrogens is 454 g/mol. The first kappa shape index (κ1) is 23.8. The van der Waals surface area contributed by atoms with E-state index in [4.69, 9.17) is 24.4 Å². The van der Waals surface area contributed by atoms with Crippen LogP contribution in [0.5, 0.6) is 11.5 Å². The molecule has 0 N–H and O–H groups in total. The van der Waals surface area contributed by atoms with Crippen LogP contribution < -0.4 is 15.0 Å². The van der Waals surface area contributed by atoms with Crippen LogP contribution in [0.15, 0.2) is 47.3 Å². The van der Waals surface area contributed by atoms with Gasteiger partial charge in [0.2, 0.25) is 0 Å². The van der Waals surface area contributed by atoms with E-state index in [-0.39, 0.29) is 11.6 Å². The van der Waals surface area contributed by atoms with Crippen molar-refractivity contribution in [2.75, 3.05) is 14.2 Å². The molecule has 0 aliphatic carbocycles. The summed E-state index contributed by atoms with van der Waals surface area (Å²) in [5, 5.41) is 0.535. The molecule has 3 aromatic heterocycles. The Kier molecular flexibility index (Phi) is 6.35. The van der Waals surface area contributed by atoms with Gasteiger partial charge in [-0.1, -0.05) is 32.0 Å². The summed E-state index contributed by atoms with van der Waals surface area (Å²) in [6, 6.07) is 13.7. The summed E-state index contributed by atoms with van der Waals surface area (Å²) in [5.41, 5.74) is 4.51. The molecule has 36 heavy (non-hydrogen) atoms. The van der Waals surface area contributed by atoms with Crippen molar-refractivity contribution in [1.29, 1.82) is 0 Å². The lowest BCUT2D eigenvalue weighted by Crippen LogP contribution is -2.28. The van der Waals surface area contributed by atoms with E-state index in [9.17, 15) is 4.79 Å². The smallest absolute Gasteiger partial charge is 0.265 e. The second-order valence-corrected chi connectivity index (χ2v) is 8.99. The third kappa shape index (κ3) is 3.86. The van der Waals surface area contributed by atoms with Gasteiger partial charge < -0.3 is 14.0 Å². The molecule has 0 aliphatic heterocycles. The zero-order valence-electron chi connectivity index (χ0n) is 21.4. The minimum atomic E-state index is -0.0503. The first-order valence-electron chi connectivity index (χ1n) is 12.4. The van der Waals surface area contributed by atoms with Gasteiger partial charge in [0.05, 0.1) is 25.3 Å². The number of methoxy groups -OCH3 is 2. The van der Waals surface area contributed by atoms with Gasteiger partial charge in [-0.05, 0) is 49.6 Å². The highest BCUT2D eigenvalue weighted by molar-refractivity contribution is 6.04. The molecule has 0 saturated heterocycles. The molecule has 1 atom stereocenters. The molecule has 3 heterocycles. The molecule has 1 unspecified atom stereocenters. The molecule has 0 radical (unpaired) electrons. The van der Waals surface area contributed by atoms with Crippen molar-refractivity contribution in [3.8, 4) is 11.5 Å². The maximum absolute atomic E-state index is 13.9. The van der Waals surface area contributed by atoms with E-state index in [0.717, 1.165) is 28.8 Å². The number of hydrogen-bond acceptors (Lipinski definition) is 6. The zero-order valence-corrected chi connectivity index (χ0v) is 21.4. The summed E-state index contributed by atoms with van der Waals surface area (Å²) < 4.78 is 14.7. The van der Waals surface area contributed by atoms with Gasteiger partial charge in [-0.15, -0.1) is 0 Å². The number of fused-ring (bicyclic) bond motifs is 4. The van der Waals surface area contributed by atoms with E-state index in [2.05, 4.69) is 13.8 Å². The Bertz CT molecular complexity index is 1640. The Morgan fingerprint density at radius 2 is 1.64 bits per heavy atom. The lowest BCUT2D eigenvalue weighted by molar-refractivity contribution is 0.354. The van der Waals surface area contributed by atoms with Crippen LogP contribution in [-0.4, -0.2) is 38.3 Å². The van der Waals surface area contributed by atoms with Crippen molar-refractivity contribution >= 4 is 33.2 Å². The zero-order chi connectivity index (χ0) is 25.4. The van der Waals surface area contributed by atoms with Crippen molar-refractivity contribution in [1.82, 2.24) is 24.1 Å². The molecule has 0 aliphatic rings. The third-order valence-electron chi connectivity index (χ3n) is 6.89. The number of aryl methyl sites for hydroxylation is 3. The molecule has 8 nitrogen and oxygen atoms in total. The van der Waals surface area contributed by atoms with Crippen molar-refractivity contribution in [2.24, 2.45) is 0 Å². The van der Waals surface area contributed by atoms with Crippen LogP contribution in [0.1, 0.15) is 44.6 Å². The lowest BCUT2D eigenvalue weighted by Gasteiger charge is -2.17. The fourth-order valence-corrected chi connectivity index (χ4v) is 4.79. The number of aromatic nitrogens is 5. The Balaban J connectivity index is 1.74. The maximum Gasteiger partial charge on any atom is 0.265 e. The summed E-state index contributed by atoms with van der Waals surface area (Å²) in [5.74, 6) is 2.16. The lowest BCUT2D eigenvalue weighted by atomic mass is 10.1. The predicted molar refractivity (Wildman–Crippen MR) is 142 cm³/mol. The van der Waals surface area contributed by atoms with Crippen molar-refractivity contribution in [2.45, 2.75) is 52.6 Å². The summed E-state index contributed by atoms with van der Waals surface area (Å²) in [4.78, 5) is 28.8. The minimum absolute atomic E-state index is 0.0444. The molecule has 5 rings (SSSR count). The SMILES string of the molecule is CCc1nc2c(c(=O)n1C(C)CC)c1nc3ccccc3nc1n2CCc1ccc(OC)c(OC)c1. The molecule has 5 aromatic rings. The van der Waals surface area contributed by atoms with Gasteiger partial charge in [0.25, 0.3) is 5.56 Å². The number of hydrogen-bond donors (Lipinski definition) is 0. The van der Waals surface area contributed by atoms with Gasteiger partial charge in [0.1, 0.15) is 16.7 Å². The van der Waals surface area contributed by atoms with E-state index in [0.29, 0.717) is 53.1 Å². The molecule has 0 saturated carbocycles. The first-order chi connectivity index (χ1) is 17.5. The molecule has 8 heteroatoms. The van der Waals surface area contributed by atoms with Crippen molar-refractivity contribution in [3.05, 3.63) is 64.2 Å². The average Bonchev–Trinajstić information content (AvgIpc) is 3.21. The van der Waals surface area contributed by atoms with Crippen LogP contribution in [0, 0.1) is 0 Å². The second-order valence-electron chi connectivity index (χ2n) is 8.99. The molecule has 2 aromatic carbocycles. The number of para-hydroxylation sites is 2. The highest BCUT2D eigenvalue weighted by atomic mass is 16.5. The van der Waals surface area contributed by atoms with Gasteiger partial charge in [0.15, 0.2) is 22.8 Å². The molecule has 0 fully saturated rings. The van der Waals surface area contributed by atoms with Crippen LogP contribution >= 0.6 is 0 Å². The van der Waals surface area contributed by atoms with E-state index >= 15 is 0 Å². The number of nitrogens with zero attached hydrogens (tertiary/aromatic N) is 5. The molecule has 186 valence electrons. The predicted octanol–water partition coefficient (Wildman–Crippen LogP) is 5.09. The average molecular weight is 486 g/mol. The molecule has 0 bridgehead atoms. The summed E-state index contributed by atoms with van der Waals surface area (Å²) in [6.07, 6.45) is 2.20. The van der Waals surface area contributed by atoms with Gasteiger partial charge in [0, 0.05) is 19.0 Å². The molecule has 0 amide bonds. The number of benzene rings is 2. The highest BCUT2D eigenvalue weighted by Crippen LogP contribution is 2.30. The Labute approximate surface area is 209 Å². The van der Waals surface area contributed by atoms with Crippen LogP contribution in [0.4, 0.5) is 0 Å². The normalized spacial score (nSPS) is 12.5. The van der Waals surface area contributed by atoms with Crippen molar-refractivity contribution in [3.63, 3.8) is 0 Å². The number of rotatable bonds is 8. The van der Waals surface area contributed by atoms with Gasteiger partial charge in [-0.2, -0.15) is 0 Å². The second kappa shape index (κ2) is 9.60. The van der Waals surface area contributed by atoms with Crippen LogP contribution in [0.3, 0.4) is 0 Å². The summed E-state index contributed by atoms with van der Waals surface area (Å²) >= 11 is 0. The minimum Gasteiger partial charge on any atom is -0.493 e. The number of ether oxygens (including phenoxy) is 2. The first-order valence-corrected chi connectivity index (χ1v) is 12.4. The van der Waals surface area contributed by atoms with E-state index in [1.807, 2.05) is 58.5 Å².